The second-order valence-corrected chi connectivity index (χ2v) is 30.7. The number of hydrogen-bond donors (Lipinski definition) is 2. The van der Waals surface area contributed by atoms with Gasteiger partial charge in [0.25, 0.3) is 0 Å². The van der Waals surface area contributed by atoms with Gasteiger partial charge in [-0.3, -0.25) is 0 Å². The molecule has 7 heteroatoms. The third-order valence-corrected chi connectivity index (χ3v) is 25.3. The lowest BCUT2D eigenvalue weighted by molar-refractivity contribution is -0.0438. The summed E-state index contributed by atoms with van der Waals surface area (Å²) in [4.78, 5) is 0. The Labute approximate surface area is 297 Å². The van der Waals surface area contributed by atoms with E-state index in [0.29, 0.717) is 17.1 Å². The highest BCUT2D eigenvalue weighted by molar-refractivity contribution is 7.99. The first kappa shape index (κ1) is 39.9. The predicted octanol–water partition coefficient (Wildman–Crippen LogP) is 10.9. The average molecular weight is 707 g/mol. The molecule has 47 heavy (non-hydrogen) atoms. The lowest BCUT2D eigenvalue weighted by Gasteiger charge is -2.59. The Kier molecular flexibility index (Phi) is 11.5. The maximum Gasteiger partial charge on any atom is 0.192 e. The molecule has 4 rings (SSSR count). The number of allylic oxidation sites excluding steroid dienone is 3. The van der Waals surface area contributed by atoms with Crippen LogP contribution in [0.2, 0.25) is 36.3 Å². The van der Waals surface area contributed by atoms with Gasteiger partial charge in [0, 0.05) is 16.6 Å². The zero-order valence-corrected chi connectivity index (χ0v) is 36.0. The Balaban J connectivity index is 1.66. The summed E-state index contributed by atoms with van der Waals surface area (Å²) in [5, 5.41) is 23.3. The molecule has 0 saturated heterocycles. The molecule has 0 spiro atoms. The quantitative estimate of drug-likeness (QED) is 0.210. The first-order chi connectivity index (χ1) is 21.4. The van der Waals surface area contributed by atoms with Crippen molar-refractivity contribution in [1.29, 1.82) is 0 Å². The summed E-state index contributed by atoms with van der Waals surface area (Å²) in [7, 11) is -4.00. The van der Waals surface area contributed by atoms with Gasteiger partial charge in [0.1, 0.15) is 0 Å². The molecule has 0 radical (unpaired) electrons. The molecule has 0 aliphatic heterocycles. The van der Waals surface area contributed by atoms with Crippen molar-refractivity contribution >= 4 is 28.4 Å². The Morgan fingerprint density at radius 3 is 2.04 bits per heavy atom. The normalized spacial score (nSPS) is 35.9. The van der Waals surface area contributed by atoms with Gasteiger partial charge in [0.2, 0.25) is 0 Å². The van der Waals surface area contributed by atoms with Crippen LogP contribution >= 0.6 is 11.8 Å². The van der Waals surface area contributed by atoms with E-state index < -0.39 is 22.2 Å². The molecule has 0 aromatic carbocycles. The van der Waals surface area contributed by atoms with Crippen LogP contribution in [-0.2, 0) is 8.85 Å². The highest BCUT2D eigenvalue weighted by Gasteiger charge is 2.62. The Hall–Kier alpha value is 0.104. The van der Waals surface area contributed by atoms with Gasteiger partial charge >= 0.3 is 0 Å². The van der Waals surface area contributed by atoms with Crippen molar-refractivity contribution in [3.8, 4) is 0 Å². The predicted molar refractivity (Wildman–Crippen MR) is 208 cm³/mol. The van der Waals surface area contributed by atoms with E-state index in [0.717, 1.165) is 57.1 Å². The summed E-state index contributed by atoms with van der Waals surface area (Å²) in [6.45, 7) is 35.4. The molecule has 0 aromatic heterocycles. The topological polar surface area (TPSA) is 58.9 Å². The maximum absolute atomic E-state index is 11.8. The van der Waals surface area contributed by atoms with Crippen LogP contribution in [0.3, 0.4) is 0 Å². The highest BCUT2D eigenvalue weighted by atomic mass is 32.2. The lowest BCUT2D eigenvalue weighted by Crippen LogP contribution is -2.58. The van der Waals surface area contributed by atoms with Crippen molar-refractivity contribution in [3.63, 3.8) is 0 Å². The van der Waals surface area contributed by atoms with Crippen molar-refractivity contribution in [3.05, 3.63) is 23.3 Å². The molecule has 0 aromatic rings. The molecule has 3 saturated carbocycles. The van der Waals surface area contributed by atoms with E-state index in [2.05, 4.69) is 115 Å². The fraction of sp³-hybridized carbons (Fsp3) is 0.900. The first-order valence-electron chi connectivity index (χ1n) is 19.2. The van der Waals surface area contributed by atoms with Crippen LogP contribution in [-0.4, -0.2) is 61.8 Å². The monoisotopic (exact) mass is 706 g/mol. The molecular weight excluding hydrogens is 633 g/mol. The van der Waals surface area contributed by atoms with Crippen molar-refractivity contribution in [2.75, 3.05) is 5.75 Å². The number of thioether (sulfide) groups is 1. The van der Waals surface area contributed by atoms with Crippen LogP contribution in [0.5, 0.6) is 0 Å². The lowest BCUT2D eigenvalue weighted by atomic mass is 9.49. The second-order valence-electron chi connectivity index (χ2n) is 19.7. The minimum atomic E-state index is -2.06. The summed E-state index contributed by atoms with van der Waals surface area (Å²) in [5.41, 5.74) is 2.59. The summed E-state index contributed by atoms with van der Waals surface area (Å²) in [6.07, 6.45) is 12.6. The van der Waals surface area contributed by atoms with E-state index in [4.69, 9.17) is 8.85 Å². The van der Waals surface area contributed by atoms with Crippen LogP contribution in [0.4, 0.5) is 0 Å². The van der Waals surface area contributed by atoms with Crippen molar-refractivity contribution in [2.45, 2.75) is 193 Å². The second kappa shape index (κ2) is 13.6. The fourth-order valence-electron chi connectivity index (χ4n) is 9.44. The number of aliphatic hydroxyl groups is 2. The van der Waals surface area contributed by atoms with Gasteiger partial charge in [-0.2, -0.15) is 11.8 Å². The van der Waals surface area contributed by atoms with Crippen molar-refractivity contribution in [1.82, 2.24) is 0 Å². The minimum Gasteiger partial charge on any atom is -0.414 e. The van der Waals surface area contributed by atoms with Crippen LogP contribution in [0.15, 0.2) is 23.3 Å². The van der Waals surface area contributed by atoms with Gasteiger partial charge in [-0.15, -0.1) is 0 Å². The summed E-state index contributed by atoms with van der Waals surface area (Å²) in [5.74, 6) is 2.06. The molecule has 0 amide bonds. The molecule has 4 nitrogen and oxygen atoms in total. The minimum absolute atomic E-state index is 0.0532. The van der Waals surface area contributed by atoms with E-state index >= 15 is 0 Å². The molecule has 2 N–H and O–H groups in total. The van der Waals surface area contributed by atoms with Crippen LogP contribution in [0.1, 0.15) is 128 Å². The van der Waals surface area contributed by atoms with Gasteiger partial charge < -0.3 is 19.1 Å². The summed E-state index contributed by atoms with van der Waals surface area (Å²) < 4.78 is 14.7. The summed E-state index contributed by atoms with van der Waals surface area (Å²) in [6, 6.07) is 0. The van der Waals surface area contributed by atoms with E-state index in [1.165, 1.54) is 5.57 Å². The zero-order chi connectivity index (χ0) is 35.6. The fourth-order valence-corrected chi connectivity index (χ4v) is 13.8. The Bertz CT molecular complexity index is 1180. The van der Waals surface area contributed by atoms with Crippen LogP contribution in [0, 0.1) is 28.6 Å². The average Bonchev–Trinajstić information content (AvgIpc) is 3.21. The number of rotatable bonds is 11. The molecule has 3 fully saturated rings. The largest absolute Gasteiger partial charge is 0.414 e. The smallest absolute Gasteiger partial charge is 0.192 e. The summed E-state index contributed by atoms with van der Waals surface area (Å²) >= 11 is 1.97. The van der Waals surface area contributed by atoms with Gasteiger partial charge in [0.05, 0.1) is 23.9 Å². The molecular formula is C40H74O4SSi2. The van der Waals surface area contributed by atoms with E-state index in [9.17, 15) is 10.2 Å². The van der Waals surface area contributed by atoms with Gasteiger partial charge in [-0.05, 0) is 111 Å². The maximum atomic E-state index is 11.8. The zero-order valence-electron chi connectivity index (χ0n) is 33.2. The third kappa shape index (κ3) is 7.40. The number of hydrogen-bond acceptors (Lipinski definition) is 5. The van der Waals surface area contributed by atoms with E-state index in [-0.39, 0.29) is 45.1 Å². The Morgan fingerprint density at radius 1 is 0.915 bits per heavy atom. The molecule has 272 valence electrons. The van der Waals surface area contributed by atoms with Crippen LogP contribution in [0.25, 0.3) is 0 Å². The molecule has 4 aliphatic rings. The van der Waals surface area contributed by atoms with Gasteiger partial charge in [-0.1, -0.05) is 99.5 Å². The third-order valence-electron chi connectivity index (χ3n) is 15.0. The Morgan fingerprint density at radius 2 is 1.49 bits per heavy atom. The SMILES string of the molecule is CCC(O)(CC)CCSC(C)[C@H]1C(O)C[C@H]2C3=CC=C4CC(O[Si](C)(C)C(C)(C)C)CC(O[Si](C)(C)C(C)(C)C)[C@]4(C)[C@H]3CC[C@]12C. The number of fused-ring (bicyclic) bond motifs is 5. The number of aliphatic hydroxyl groups excluding tert-OH is 1. The van der Waals surface area contributed by atoms with Crippen molar-refractivity contribution in [2.24, 2.45) is 28.6 Å². The first-order valence-corrected chi connectivity index (χ1v) is 26.0. The van der Waals surface area contributed by atoms with Crippen LogP contribution < -0.4 is 0 Å². The molecule has 0 bridgehead atoms. The molecule has 4 unspecified atom stereocenters. The van der Waals surface area contributed by atoms with E-state index in [1.807, 2.05) is 11.8 Å². The molecule has 0 heterocycles. The van der Waals surface area contributed by atoms with Crippen molar-refractivity contribution < 1.29 is 19.1 Å². The highest BCUT2D eigenvalue weighted by Crippen LogP contribution is 2.67. The van der Waals surface area contributed by atoms with Gasteiger partial charge in [-0.25, -0.2) is 0 Å². The standard InChI is InChI=1S/C40H74O4SSi2/c1-16-40(42,17-2)22-23-45-27(3)35-33(41)26-32-30-19-18-28-24-29(43-46(12,13)36(4,5)6)25-34(44-47(14,15)37(7,8)9)39(28,11)31(30)20-21-38(32,35)10/h18-19,27,29,31-35,41-42H,16-17,20-26H2,1-15H3/t27?,29?,31-,32-,33?,34?,35-,38-,39-/m0/s1. The molecule has 4 aliphatic carbocycles. The van der Waals surface area contributed by atoms with Gasteiger partial charge in [0.15, 0.2) is 16.6 Å². The molecule has 9 atom stereocenters. The van der Waals surface area contributed by atoms with E-state index in [1.54, 1.807) is 5.57 Å².